The SMILES string of the molecule is CCO[SiH](OCC)OC(C)=CCC1CCC2OC2C1. The summed E-state index contributed by atoms with van der Waals surface area (Å²) in [6, 6.07) is 0. The van der Waals surface area contributed by atoms with Crippen LogP contribution >= 0.6 is 0 Å². The highest BCUT2D eigenvalue weighted by Gasteiger charge is 2.43. The first-order valence-electron chi connectivity index (χ1n) is 7.45. The lowest BCUT2D eigenvalue weighted by molar-refractivity contribution is 0.128. The van der Waals surface area contributed by atoms with Gasteiger partial charge in [-0.15, -0.1) is 0 Å². The normalized spacial score (nSPS) is 30.3. The van der Waals surface area contributed by atoms with Crippen LogP contribution < -0.4 is 0 Å². The van der Waals surface area contributed by atoms with Crippen molar-refractivity contribution in [2.45, 2.75) is 58.7 Å². The van der Waals surface area contributed by atoms with Crippen molar-refractivity contribution in [2.24, 2.45) is 5.92 Å². The van der Waals surface area contributed by atoms with Crippen LogP contribution in [0, 0.1) is 5.92 Å². The molecule has 0 radical (unpaired) electrons. The van der Waals surface area contributed by atoms with Crippen molar-refractivity contribution in [1.82, 2.24) is 0 Å². The predicted octanol–water partition coefficient (Wildman–Crippen LogP) is 2.65. The van der Waals surface area contributed by atoms with Crippen LogP contribution in [0.1, 0.15) is 46.5 Å². The molecule has 1 heterocycles. The molecular weight excluding hydrogens is 260 g/mol. The van der Waals surface area contributed by atoms with Gasteiger partial charge in [-0.2, -0.15) is 0 Å². The van der Waals surface area contributed by atoms with Gasteiger partial charge in [0, 0.05) is 13.2 Å². The lowest BCUT2D eigenvalue weighted by Crippen LogP contribution is -2.26. The van der Waals surface area contributed by atoms with Crippen molar-refractivity contribution < 1.29 is 18.0 Å². The van der Waals surface area contributed by atoms with E-state index in [1.807, 2.05) is 20.8 Å². The Morgan fingerprint density at radius 2 is 1.95 bits per heavy atom. The summed E-state index contributed by atoms with van der Waals surface area (Å²) in [5, 5.41) is 0. The van der Waals surface area contributed by atoms with Gasteiger partial charge in [0.2, 0.25) is 0 Å². The van der Waals surface area contributed by atoms with Crippen LogP contribution in [0.3, 0.4) is 0 Å². The van der Waals surface area contributed by atoms with E-state index in [-0.39, 0.29) is 0 Å². The van der Waals surface area contributed by atoms with E-state index in [1.54, 1.807) is 0 Å². The van der Waals surface area contributed by atoms with Gasteiger partial charge in [0.25, 0.3) is 0 Å². The fraction of sp³-hybridized carbons (Fsp3) is 0.857. The second-order valence-corrected chi connectivity index (χ2v) is 6.74. The maximum absolute atomic E-state index is 5.78. The molecule has 3 atom stereocenters. The molecule has 1 saturated heterocycles. The second-order valence-electron chi connectivity index (χ2n) is 5.26. The van der Waals surface area contributed by atoms with E-state index in [0.29, 0.717) is 25.4 Å². The van der Waals surface area contributed by atoms with Crippen LogP contribution in [-0.2, 0) is 18.0 Å². The van der Waals surface area contributed by atoms with E-state index in [0.717, 1.165) is 18.1 Å². The van der Waals surface area contributed by atoms with Gasteiger partial charge in [-0.05, 0) is 58.4 Å². The van der Waals surface area contributed by atoms with Crippen LogP contribution in [0.15, 0.2) is 11.8 Å². The zero-order valence-corrected chi connectivity index (χ0v) is 13.4. The minimum Gasteiger partial charge on any atom is -0.507 e. The van der Waals surface area contributed by atoms with Crippen molar-refractivity contribution in [3.63, 3.8) is 0 Å². The number of fused-ring (bicyclic) bond motifs is 1. The molecule has 19 heavy (non-hydrogen) atoms. The van der Waals surface area contributed by atoms with Gasteiger partial charge in [-0.3, -0.25) is 0 Å². The Bertz CT molecular complexity index is 302. The van der Waals surface area contributed by atoms with Gasteiger partial charge in [-0.1, -0.05) is 0 Å². The minimum absolute atomic E-state index is 0.558. The molecule has 4 nitrogen and oxygen atoms in total. The Morgan fingerprint density at radius 1 is 1.21 bits per heavy atom. The molecule has 1 aliphatic heterocycles. The molecule has 0 bridgehead atoms. The molecule has 2 fully saturated rings. The summed E-state index contributed by atoms with van der Waals surface area (Å²) < 4.78 is 22.3. The average molecular weight is 286 g/mol. The van der Waals surface area contributed by atoms with Crippen LogP contribution in [-0.4, -0.2) is 34.9 Å². The van der Waals surface area contributed by atoms with E-state index in [1.165, 1.54) is 19.3 Å². The fourth-order valence-corrected chi connectivity index (χ4v) is 3.80. The number of allylic oxidation sites excluding steroid dienone is 2. The Morgan fingerprint density at radius 3 is 2.58 bits per heavy atom. The van der Waals surface area contributed by atoms with Crippen molar-refractivity contribution in [3.8, 4) is 0 Å². The van der Waals surface area contributed by atoms with Crippen molar-refractivity contribution in [2.75, 3.05) is 13.2 Å². The molecule has 0 amide bonds. The third-order valence-electron chi connectivity index (χ3n) is 3.74. The Hall–Kier alpha value is -0.363. The van der Waals surface area contributed by atoms with Crippen molar-refractivity contribution in [1.29, 1.82) is 0 Å². The Kier molecular flexibility index (Phi) is 5.88. The Labute approximate surface area is 118 Å². The summed E-state index contributed by atoms with van der Waals surface area (Å²) in [4.78, 5) is 0. The number of hydrogen-bond acceptors (Lipinski definition) is 4. The van der Waals surface area contributed by atoms with Gasteiger partial charge >= 0.3 is 9.53 Å². The van der Waals surface area contributed by atoms with Crippen molar-refractivity contribution >= 4 is 9.53 Å². The van der Waals surface area contributed by atoms with E-state index >= 15 is 0 Å². The molecule has 5 heteroatoms. The van der Waals surface area contributed by atoms with Gasteiger partial charge in [0.15, 0.2) is 0 Å². The molecule has 0 N–H and O–H groups in total. The zero-order chi connectivity index (χ0) is 13.7. The smallest absolute Gasteiger partial charge is 0.507 e. The van der Waals surface area contributed by atoms with Crippen molar-refractivity contribution in [3.05, 3.63) is 11.8 Å². The summed E-state index contributed by atoms with van der Waals surface area (Å²) in [5.41, 5.74) is 0. The van der Waals surface area contributed by atoms with Gasteiger partial charge in [0.1, 0.15) is 0 Å². The highest BCUT2D eigenvalue weighted by atomic mass is 28.3. The molecule has 0 aromatic heterocycles. The summed E-state index contributed by atoms with van der Waals surface area (Å²) in [7, 11) is -1.96. The first kappa shape index (κ1) is 15.0. The molecule has 0 aromatic rings. The highest BCUT2D eigenvalue weighted by Crippen LogP contribution is 2.40. The molecule has 0 spiro atoms. The fourth-order valence-electron chi connectivity index (χ4n) is 2.62. The molecule has 0 aromatic carbocycles. The minimum atomic E-state index is -1.96. The molecule has 2 rings (SSSR count). The maximum Gasteiger partial charge on any atom is 0.549 e. The summed E-state index contributed by atoms with van der Waals surface area (Å²) in [6.07, 6.45) is 8.14. The Balaban J connectivity index is 1.71. The van der Waals surface area contributed by atoms with E-state index in [9.17, 15) is 0 Å². The van der Waals surface area contributed by atoms with Gasteiger partial charge < -0.3 is 18.0 Å². The topological polar surface area (TPSA) is 40.2 Å². The standard InChI is InChI=1S/C14H26O4Si/c1-4-15-19(16-5-2)18-11(3)6-7-12-8-9-13-14(10-12)17-13/h6,12-14,19H,4-5,7-10H2,1-3H3. The number of epoxide rings is 1. The third kappa shape index (κ3) is 4.91. The summed E-state index contributed by atoms with van der Waals surface area (Å²) in [5.74, 6) is 1.69. The van der Waals surface area contributed by atoms with Crippen LogP contribution in [0.5, 0.6) is 0 Å². The molecule has 1 aliphatic carbocycles. The first-order chi connectivity index (χ1) is 9.22. The molecular formula is C14H26O4Si. The first-order valence-corrected chi connectivity index (χ1v) is 8.86. The summed E-state index contributed by atoms with van der Waals surface area (Å²) in [6.45, 7) is 7.22. The zero-order valence-electron chi connectivity index (χ0n) is 12.3. The highest BCUT2D eigenvalue weighted by molar-refractivity contribution is 6.36. The van der Waals surface area contributed by atoms with Crippen LogP contribution in [0.25, 0.3) is 0 Å². The summed E-state index contributed by atoms with van der Waals surface area (Å²) >= 11 is 0. The van der Waals surface area contributed by atoms with Gasteiger partial charge in [0.05, 0.1) is 18.0 Å². The quantitative estimate of drug-likeness (QED) is 0.391. The van der Waals surface area contributed by atoms with Crippen LogP contribution in [0.4, 0.5) is 0 Å². The number of rotatable bonds is 8. The van der Waals surface area contributed by atoms with E-state index in [2.05, 4.69) is 6.08 Å². The lowest BCUT2D eigenvalue weighted by Gasteiger charge is -2.19. The molecule has 110 valence electrons. The largest absolute Gasteiger partial charge is 0.549 e. The number of hydrogen-bond donors (Lipinski definition) is 0. The monoisotopic (exact) mass is 286 g/mol. The van der Waals surface area contributed by atoms with E-state index in [4.69, 9.17) is 18.0 Å². The second kappa shape index (κ2) is 7.43. The lowest BCUT2D eigenvalue weighted by atomic mass is 9.87. The van der Waals surface area contributed by atoms with Gasteiger partial charge in [-0.25, -0.2) is 0 Å². The number of ether oxygens (including phenoxy) is 1. The molecule has 1 saturated carbocycles. The predicted molar refractivity (Wildman–Crippen MR) is 75.9 cm³/mol. The molecule has 3 unspecified atom stereocenters. The molecule has 2 aliphatic rings. The average Bonchev–Trinajstić information content (AvgIpc) is 3.15. The maximum atomic E-state index is 5.78. The van der Waals surface area contributed by atoms with Crippen LogP contribution in [0.2, 0.25) is 0 Å². The third-order valence-corrected chi connectivity index (χ3v) is 5.51. The van der Waals surface area contributed by atoms with E-state index < -0.39 is 9.53 Å².